The highest BCUT2D eigenvalue weighted by molar-refractivity contribution is 6.30. The van der Waals surface area contributed by atoms with Gasteiger partial charge in [-0.1, -0.05) is 11.6 Å². The Morgan fingerprint density at radius 2 is 1.65 bits per heavy atom. The van der Waals surface area contributed by atoms with Gasteiger partial charge in [0.15, 0.2) is 0 Å². The van der Waals surface area contributed by atoms with Crippen LogP contribution in [0.3, 0.4) is 0 Å². The molecule has 2 amide bonds. The number of nitrogens with zero attached hydrogens (tertiary/aromatic N) is 3. The Labute approximate surface area is 125 Å². The maximum absolute atomic E-state index is 12.3. The third-order valence-corrected chi connectivity index (χ3v) is 4.03. The average molecular weight is 296 g/mol. The lowest BCUT2D eigenvalue weighted by Gasteiger charge is -2.38. The molecule has 0 radical (unpaired) electrons. The van der Waals surface area contributed by atoms with Gasteiger partial charge < -0.3 is 14.7 Å². The van der Waals surface area contributed by atoms with Crippen molar-refractivity contribution in [1.29, 1.82) is 0 Å². The Bertz CT molecular complexity index is 437. The molecule has 0 atom stereocenters. The molecule has 1 aliphatic rings. The molecule has 1 aromatic carbocycles. The minimum atomic E-state index is 0.158. The third-order valence-electron chi connectivity index (χ3n) is 3.78. The minimum Gasteiger partial charge on any atom is -0.368 e. The van der Waals surface area contributed by atoms with E-state index in [1.807, 2.05) is 47.9 Å². The van der Waals surface area contributed by atoms with Crippen LogP contribution >= 0.6 is 11.6 Å². The van der Waals surface area contributed by atoms with Crippen LogP contribution in [0.25, 0.3) is 0 Å². The molecule has 110 valence electrons. The van der Waals surface area contributed by atoms with Crippen LogP contribution in [0.4, 0.5) is 10.5 Å². The van der Waals surface area contributed by atoms with E-state index in [0.717, 1.165) is 44.3 Å². The number of piperazine rings is 1. The number of rotatable bonds is 3. The largest absolute Gasteiger partial charge is 0.368 e. The van der Waals surface area contributed by atoms with E-state index in [4.69, 9.17) is 11.6 Å². The highest BCUT2D eigenvalue weighted by atomic mass is 35.5. The topological polar surface area (TPSA) is 26.8 Å². The van der Waals surface area contributed by atoms with Crippen LogP contribution in [-0.4, -0.2) is 55.1 Å². The predicted molar refractivity (Wildman–Crippen MR) is 83.6 cm³/mol. The molecule has 1 saturated heterocycles. The Morgan fingerprint density at radius 1 is 1.10 bits per heavy atom. The normalized spacial score (nSPS) is 15.3. The summed E-state index contributed by atoms with van der Waals surface area (Å²) in [6.07, 6.45) is 0. The molecule has 0 bridgehead atoms. The first-order chi connectivity index (χ1) is 9.65. The first-order valence-corrected chi connectivity index (χ1v) is 7.57. The fraction of sp³-hybridized carbons (Fsp3) is 0.533. The molecular formula is C15H22ClN3O. The molecule has 2 rings (SSSR count). The Kier molecular flexibility index (Phi) is 5.12. The van der Waals surface area contributed by atoms with Crippen molar-refractivity contribution in [3.05, 3.63) is 29.3 Å². The lowest BCUT2D eigenvalue weighted by Crippen LogP contribution is -2.52. The number of amides is 2. The van der Waals surface area contributed by atoms with Crippen LogP contribution in [0.2, 0.25) is 5.02 Å². The molecule has 0 saturated carbocycles. The Balaban J connectivity index is 1.92. The van der Waals surface area contributed by atoms with Crippen molar-refractivity contribution in [2.45, 2.75) is 13.8 Å². The summed E-state index contributed by atoms with van der Waals surface area (Å²) in [5.41, 5.74) is 1.17. The van der Waals surface area contributed by atoms with E-state index < -0.39 is 0 Å². The molecule has 0 aromatic heterocycles. The van der Waals surface area contributed by atoms with E-state index in [-0.39, 0.29) is 6.03 Å². The first-order valence-electron chi connectivity index (χ1n) is 7.20. The Morgan fingerprint density at radius 3 is 2.15 bits per heavy atom. The molecule has 0 spiro atoms. The average Bonchev–Trinajstić information content (AvgIpc) is 2.49. The van der Waals surface area contributed by atoms with Crippen LogP contribution in [0.5, 0.6) is 0 Å². The second-order valence-electron chi connectivity index (χ2n) is 4.91. The van der Waals surface area contributed by atoms with E-state index in [2.05, 4.69) is 4.90 Å². The summed E-state index contributed by atoms with van der Waals surface area (Å²) in [5, 5.41) is 0.754. The van der Waals surface area contributed by atoms with E-state index in [1.54, 1.807) is 0 Å². The molecule has 1 aromatic rings. The number of halogens is 1. The van der Waals surface area contributed by atoms with E-state index in [0.29, 0.717) is 0 Å². The number of anilines is 1. The zero-order valence-electron chi connectivity index (χ0n) is 12.2. The van der Waals surface area contributed by atoms with Crippen molar-refractivity contribution in [2.24, 2.45) is 0 Å². The SMILES string of the molecule is CCN(CC)C(=O)N1CCN(c2ccc(Cl)cc2)CC1. The van der Waals surface area contributed by atoms with Gasteiger partial charge in [-0.3, -0.25) is 0 Å². The summed E-state index contributed by atoms with van der Waals surface area (Å²) in [5.74, 6) is 0. The van der Waals surface area contributed by atoms with Crippen LogP contribution in [0.1, 0.15) is 13.8 Å². The van der Waals surface area contributed by atoms with Crippen LogP contribution in [0, 0.1) is 0 Å². The molecular weight excluding hydrogens is 274 g/mol. The van der Waals surface area contributed by atoms with Gasteiger partial charge in [0.2, 0.25) is 0 Å². The van der Waals surface area contributed by atoms with Gasteiger partial charge in [0.1, 0.15) is 0 Å². The first kappa shape index (κ1) is 15.0. The minimum absolute atomic E-state index is 0.158. The number of carbonyl (C=O) groups is 1. The van der Waals surface area contributed by atoms with Gasteiger partial charge in [0.25, 0.3) is 0 Å². The summed E-state index contributed by atoms with van der Waals surface area (Å²) in [4.78, 5) is 18.4. The van der Waals surface area contributed by atoms with Gasteiger partial charge in [-0.2, -0.15) is 0 Å². The maximum atomic E-state index is 12.3. The molecule has 5 heteroatoms. The van der Waals surface area contributed by atoms with Crippen molar-refractivity contribution in [3.8, 4) is 0 Å². The molecule has 1 heterocycles. The smallest absolute Gasteiger partial charge is 0.320 e. The van der Waals surface area contributed by atoms with Gasteiger partial charge in [-0.05, 0) is 38.1 Å². The van der Waals surface area contributed by atoms with E-state index in [9.17, 15) is 4.79 Å². The van der Waals surface area contributed by atoms with Crippen molar-refractivity contribution in [3.63, 3.8) is 0 Å². The fourth-order valence-corrected chi connectivity index (χ4v) is 2.63. The molecule has 1 fully saturated rings. The monoisotopic (exact) mass is 295 g/mol. The second-order valence-corrected chi connectivity index (χ2v) is 5.34. The van der Waals surface area contributed by atoms with Crippen molar-refractivity contribution in [2.75, 3.05) is 44.2 Å². The molecule has 1 aliphatic heterocycles. The van der Waals surface area contributed by atoms with Crippen molar-refractivity contribution in [1.82, 2.24) is 9.80 Å². The fourth-order valence-electron chi connectivity index (χ4n) is 2.50. The molecule has 0 unspecified atom stereocenters. The molecule has 20 heavy (non-hydrogen) atoms. The second kappa shape index (κ2) is 6.84. The van der Waals surface area contributed by atoms with Crippen LogP contribution in [-0.2, 0) is 0 Å². The van der Waals surface area contributed by atoms with Crippen LogP contribution < -0.4 is 4.90 Å². The zero-order chi connectivity index (χ0) is 14.5. The lowest BCUT2D eigenvalue weighted by molar-refractivity contribution is 0.154. The third kappa shape index (κ3) is 3.37. The summed E-state index contributed by atoms with van der Waals surface area (Å²) in [6, 6.07) is 8.04. The lowest BCUT2D eigenvalue weighted by atomic mass is 10.2. The number of hydrogen-bond donors (Lipinski definition) is 0. The molecule has 0 aliphatic carbocycles. The predicted octanol–water partition coefficient (Wildman–Crippen LogP) is 2.92. The Hall–Kier alpha value is -1.42. The zero-order valence-corrected chi connectivity index (χ0v) is 12.9. The summed E-state index contributed by atoms with van der Waals surface area (Å²) in [7, 11) is 0. The van der Waals surface area contributed by atoms with Crippen molar-refractivity contribution >= 4 is 23.3 Å². The van der Waals surface area contributed by atoms with E-state index in [1.165, 1.54) is 5.69 Å². The quantitative estimate of drug-likeness (QED) is 0.857. The van der Waals surface area contributed by atoms with Gasteiger partial charge in [-0.25, -0.2) is 4.79 Å². The highest BCUT2D eigenvalue weighted by Crippen LogP contribution is 2.19. The van der Waals surface area contributed by atoms with Gasteiger partial charge in [0, 0.05) is 50.0 Å². The van der Waals surface area contributed by atoms with Gasteiger partial charge in [-0.15, -0.1) is 0 Å². The number of benzene rings is 1. The van der Waals surface area contributed by atoms with Crippen LogP contribution in [0.15, 0.2) is 24.3 Å². The van der Waals surface area contributed by atoms with Gasteiger partial charge in [0.05, 0.1) is 0 Å². The number of carbonyl (C=O) groups excluding carboxylic acids is 1. The maximum Gasteiger partial charge on any atom is 0.320 e. The number of hydrogen-bond acceptors (Lipinski definition) is 2. The van der Waals surface area contributed by atoms with Crippen molar-refractivity contribution < 1.29 is 4.79 Å². The summed E-state index contributed by atoms with van der Waals surface area (Å²) < 4.78 is 0. The standard InChI is InChI=1S/C15H22ClN3O/c1-3-17(4-2)15(20)19-11-9-18(10-12-19)14-7-5-13(16)6-8-14/h5-8H,3-4,9-12H2,1-2H3. The number of urea groups is 1. The molecule has 0 N–H and O–H groups in total. The summed E-state index contributed by atoms with van der Waals surface area (Å²) in [6.45, 7) is 8.87. The van der Waals surface area contributed by atoms with E-state index >= 15 is 0 Å². The van der Waals surface area contributed by atoms with Gasteiger partial charge >= 0.3 is 6.03 Å². The summed E-state index contributed by atoms with van der Waals surface area (Å²) >= 11 is 5.91. The highest BCUT2D eigenvalue weighted by Gasteiger charge is 2.23. The molecule has 4 nitrogen and oxygen atoms in total.